The summed E-state index contributed by atoms with van der Waals surface area (Å²) in [6, 6.07) is 12.0. The topological polar surface area (TPSA) is 80.2 Å². The summed E-state index contributed by atoms with van der Waals surface area (Å²) in [6.45, 7) is 2.84. The van der Waals surface area contributed by atoms with Crippen LogP contribution < -0.4 is 14.9 Å². The van der Waals surface area contributed by atoms with Gasteiger partial charge in [-0.2, -0.15) is 5.10 Å². The number of unbranched alkanes of at least 4 members (excludes halogenated alkanes) is 3. The minimum atomic E-state index is -0.235. The van der Waals surface area contributed by atoms with Crippen LogP contribution in [0.15, 0.2) is 47.6 Å². The van der Waals surface area contributed by atoms with Crippen LogP contribution in [0.2, 0.25) is 0 Å². The molecule has 0 aliphatic heterocycles. The molecule has 0 radical (unpaired) electrons. The summed E-state index contributed by atoms with van der Waals surface area (Å²) in [6.07, 6.45) is 6.34. The number of hydrazone groups is 1. The van der Waals surface area contributed by atoms with Gasteiger partial charge in [0.05, 0.1) is 26.4 Å². The Labute approximate surface area is 166 Å². The van der Waals surface area contributed by atoms with E-state index in [-0.39, 0.29) is 18.1 Å². The molecule has 0 saturated carbocycles. The van der Waals surface area contributed by atoms with E-state index in [1.165, 1.54) is 12.8 Å². The van der Waals surface area contributed by atoms with Crippen molar-refractivity contribution in [3.8, 4) is 17.2 Å². The van der Waals surface area contributed by atoms with E-state index in [2.05, 4.69) is 17.5 Å². The molecule has 6 nitrogen and oxygen atoms in total. The van der Waals surface area contributed by atoms with Crippen molar-refractivity contribution in [2.45, 2.75) is 39.0 Å². The minimum Gasteiger partial charge on any atom is -0.508 e. The van der Waals surface area contributed by atoms with Crippen molar-refractivity contribution in [2.75, 3.05) is 13.7 Å². The average Bonchev–Trinajstić information content (AvgIpc) is 2.70. The molecule has 0 spiro atoms. The molecule has 0 heterocycles. The maximum absolute atomic E-state index is 11.9. The zero-order valence-electron chi connectivity index (χ0n) is 16.5. The number of hydrogen-bond donors (Lipinski definition) is 2. The highest BCUT2D eigenvalue weighted by Gasteiger charge is 2.06. The molecule has 1 amide bonds. The zero-order chi connectivity index (χ0) is 20.2. The zero-order valence-corrected chi connectivity index (χ0v) is 16.5. The monoisotopic (exact) mass is 384 g/mol. The Kier molecular flexibility index (Phi) is 8.85. The molecule has 0 fully saturated rings. The Bertz CT molecular complexity index is 773. The van der Waals surface area contributed by atoms with Gasteiger partial charge in [-0.3, -0.25) is 4.79 Å². The van der Waals surface area contributed by atoms with Crippen LogP contribution in [0, 0.1) is 0 Å². The van der Waals surface area contributed by atoms with Gasteiger partial charge in [0, 0.05) is 0 Å². The number of carbonyl (C=O) groups excluding carboxylic acids is 1. The van der Waals surface area contributed by atoms with Crippen molar-refractivity contribution >= 4 is 12.1 Å². The number of benzene rings is 2. The maximum atomic E-state index is 11.9. The van der Waals surface area contributed by atoms with Crippen LogP contribution in [0.3, 0.4) is 0 Å². The molecule has 2 aromatic carbocycles. The van der Waals surface area contributed by atoms with Crippen molar-refractivity contribution in [2.24, 2.45) is 5.10 Å². The van der Waals surface area contributed by atoms with Crippen molar-refractivity contribution in [1.82, 2.24) is 5.43 Å². The lowest BCUT2D eigenvalue weighted by Crippen LogP contribution is -2.19. The quantitative estimate of drug-likeness (QED) is 0.348. The van der Waals surface area contributed by atoms with Crippen LogP contribution in [-0.4, -0.2) is 30.9 Å². The molecule has 0 aliphatic carbocycles. The number of ether oxygens (including phenoxy) is 2. The van der Waals surface area contributed by atoms with E-state index in [0.29, 0.717) is 18.1 Å². The number of amides is 1. The van der Waals surface area contributed by atoms with Gasteiger partial charge in [-0.05, 0) is 47.9 Å². The number of nitrogens with zero attached hydrogens (tertiary/aromatic N) is 1. The predicted octanol–water partition coefficient (Wildman–Crippen LogP) is 4.05. The van der Waals surface area contributed by atoms with Crippen LogP contribution in [0.5, 0.6) is 17.2 Å². The molecule has 28 heavy (non-hydrogen) atoms. The molecule has 150 valence electrons. The molecule has 0 atom stereocenters. The van der Waals surface area contributed by atoms with Gasteiger partial charge in [0.1, 0.15) is 5.75 Å². The Morgan fingerprint density at radius 2 is 1.89 bits per heavy atom. The number of phenols is 1. The molecular formula is C22H28N2O4. The van der Waals surface area contributed by atoms with Crippen molar-refractivity contribution in [3.05, 3.63) is 53.6 Å². The van der Waals surface area contributed by atoms with E-state index < -0.39 is 0 Å². The van der Waals surface area contributed by atoms with Gasteiger partial charge in [0.25, 0.3) is 0 Å². The number of nitrogens with one attached hydrogen (secondary N) is 1. The third kappa shape index (κ3) is 7.31. The van der Waals surface area contributed by atoms with E-state index in [9.17, 15) is 9.90 Å². The number of phenolic OH excluding ortho intramolecular Hbond substituents is 1. The maximum Gasteiger partial charge on any atom is 0.244 e. The van der Waals surface area contributed by atoms with Crippen LogP contribution in [0.1, 0.15) is 43.7 Å². The normalized spacial score (nSPS) is 10.8. The Balaban J connectivity index is 1.85. The van der Waals surface area contributed by atoms with Crippen molar-refractivity contribution in [1.29, 1.82) is 0 Å². The van der Waals surface area contributed by atoms with Gasteiger partial charge in [0.15, 0.2) is 11.5 Å². The van der Waals surface area contributed by atoms with Crippen LogP contribution >= 0.6 is 0 Å². The summed E-state index contributed by atoms with van der Waals surface area (Å²) in [7, 11) is 1.60. The SMILES string of the molecule is CCCCCCOc1ccc(/C=N\NC(=O)Cc2ccc(O)cc2)cc1OC. The standard InChI is InChI=1S/C22H28N2O4/c1-3-4-5-6-13-28-20-12-9-18(14-21(20)27-2)16-23-24-22(26)15-17-7-10-19(25)11-8-17/h7-12,14,16,25H,3-6,13,15H2,1-2H3,(H,24,26)/b23-16-. The summed E-state index contributed by atoms with van der Waals surface area (Å²) < 4.78 is 11.2. The van der Waals surface area contributed by atoms with Crippen LogP contribution in [0.25, 0.3) is 0 Å². The Morgan fingerprint density at radius 1 is 1.11 bits per heavy atom. The number of carbonyl (C=O) groups is 1. The molecule has 0 aliphatic rings. The largest absolute Gasteiger partial charge is 0.508 e. The molecule has 6 heteroatoms. The lowest BCUT2D eigenvalue weighted by molar-refractivity contribution is -0.120. The number of hydrogen-bond acceptors (Lipinski definition) is 5. The Morgan fingerprint density at radius 3 is 2.61 bits per heavy atom. The lowest BCUT2D eigenvalue weighted by Gasteiger charge is -2.11. The summed E-state index contributed by atoms with van der Waals surface area (Å²) in [5.74, 6) is 1.27. The highest BCUT2D eigenvalue weighted by atomic mass is 16.5. The highest BCUT2D eigenvalue weighted by molar-refractivity contribution is 5.84. The molecule has 0 saturated heterocycles. The number of aromatic hydroxyl groups is 1. The van der Waals surface area contributed by atoms with Gasteiger partial charge >= 0.3 is 0 Å². The fraction of sp³-hybridized carbons (Fsp3) is 0.364. The summed E-state index contributed by atoms with van der Waals surface area (Å²) in [5, 5.41) is 13.2. The average molecular weight is 384 g/mol. The van der Waals surface area contributed by atoms with Gasteiger partial charge < -0.3 is 14.6 Å². The highest BCUT2D eigenvalue weighted by Crippen LogP contribution is 2.27. The second-order valence-corrected chi connectivity index (χ2v) is 6.46. The van der Waals surface area contributed by atoms with E-state index in [1.807, 2.05) is 18.2 Å². The molecule has 0 bridgehead atoms. The van der Waals surface area contributed by atoms with Crippen LogP contribution in [0.4, 0.5) is 0 Å². The van der Waals surface area contributed by atoms with Gasteiger partial charge in [-0.15, -0.1) is 0 Å². The molecule has 0 aromatic heterocycles. The minimum absolute atomic E-state index is 0.171. The Hall–Kier alpha value is -3.02. The van der Waals surface area contributed by atoms with Gasteiger partial charge in [-0.25, -0.2) is 5.43 Å². The number of rotatable bonds is 11. The smallest absolute Gasteiger partial charge is 0.244 e. The van der Waals surface area contributed by atoms with Crippen molar-refractivity contribution in [3.63, 3.8) is 0 Å². The summed E-state index contributed by atoms with van der Waals surface area (Å²) in [4.78, 5) is 11.9. The first-order chi connectivity index (χ1) is 13.6. The van der Waals surface area contributed by atoms with E-state index >= 15 is 0 Å². The van der Waals surface area contributed by atoms with E-state index in [1.54, 1.807) is 37.6 Å². The molecule has 2 N–H and O–H groups in total. The summed E-state index contributed by atoms with van der Waals surface area (Å²) in [5.41, 5.74) is 4.09. The lowest BCUT2D eigenvalue weighted by atomic mass is 10.1. The molecule has 2 rings (SSSR count). The molecular weight excluding hydrogens is 356 g/mol. The second kappa shape index (κ2) is 11.6. The number of methoxy groups -OCH3 is 1. The van der Waals surface area contributed by atoms with E-state index in [0.717, 1.165) is 24.0 Å². The van der Waals surface area contributed by atoms with Gasteiger partial charge in [-0.1, -0.05) is 38.3 Å². The second-order valence-electron chi connectivity index (χ2n) is 6.46. The third-order valence-corrected chi connectivity index (χ3v) is 4.15. The first kappa shape index (κ1) is 21.3. The fourth-order valence-corrected chi connectivity index (χ4v) is 2.61. The molecule has 2 aromatic rings. The van der Waals surface area contributed by atoms with Crippen molar-refractivity contribution < 1.29 is 19.4 Å². The fourth-order valence-electron chi connectivity index (χ4n) is 2.61. The first-order valence-corrected chi connectivity index (χ1v) is 9.53. The van der Waals surface area contributed by atoms with E-state index in [4.69, 9.17) is 9.47 Å². The first-order valence-electron chi connectivity index (χ1n) is 9.53. The van der Waals surface area contributed by atoms with Gasteiger partial charge in [0.2, 0.25) is 5.91 Å². The third-order valence-electron chi connectivity index (χ3n) is 4.15. The van der Waals surface area contributed by atoms with Crippen LogP contribution in [-0.2, 0) is 11.2 Å². The summed E-state index contributed by atoms with van der Waals surface area (Å²) >= 11 is 0. The predicted molar refractivity (Wildman–Crippen MR) is 110 cm³/mol. The molecule has 0 unspecified atom stereocenters.